The maximum absolute atomic E-state index is 11.6. The van der Waals surface area contributed by atoms with E-state index >= 15 is 0 Å². The van der Waals surface area contributed by atoms with Crippen LogP contribution in [0.3, 0.4) is 0 Å². The predicted octanol–water partition coefficient (Wildman–Crippen LogP) is -1.61. The van der Waals surface area contributed by atoms with Crippen LogP contribution in [-0.4, -0.2) is 59.8 Å². The third-order valence-electron chi connectivity index (χ3n) is 3.28. The number of rotatable bonds is 2. The number of fused-ring (bicyclic) bond motifs is 1. The van der Waals surface area contributed by atoms with Crippen LogP contribution in [0.15, 0.2) is 11.1 Å². The molecule has 1 aliphatic rings. The Kier molecular flexibility index (Phi) is 3.18. The van der Waals surface area contributed by atoms with Gasteiger partial charge >= 0.3 is 0 Å². The average Bonchev–Trinajstić information content (AvgIpc) is 2.90. The number of hydrogen-bond acceptors (Lipinski definition) is 7. The maximum Gasteiger partial charge on any atom is 0.276 e. The monoisotopic (exact) mass is 300 g/mol. The topological polar surface area (TPSA) is 136 Å². The number of aliphatic hydroxyl groups excluding tert-OH is 3. The number of aromatic amines is 2. The molecule has 4 atom stereocenters. The minimum absolute atomic E-state index is 0.124. The van der Waals surface area contributed by atoms with Gasteiger partial charge in [-0.15, -0.1) is 0 Å². The fraction of sp³-hybridized carbons (Fsp3) is 0.500. The molecule has 0 radical (unpaired) electrons. The number of ether oxygens (including phenoxy) is 1. The molecule has 5 N–H and O–H groups in total. The van der Waals surface area contributed by atoms with Crippen molar-refractivity contribution in [2.75, 3.05) is 6.61 Å². The molecular formula is C10H12N4O5S. The van der Waals surface area contributed by atoms with E-state index in [-0.39, 0.29) is 15.9 Å². The molecule has 1 saturated heterocycles. The number of imidazole rings is 1. The largest absolute Gasteiger partial charge is 0.394 e. The molecule has 2 aromatic heterocycles. The average molecular weight is 300 g/mol. The van der Waals surface area contributed by atoms with Crippen molar-refractivity contribution in [1.29, 1.82) is 0 Å². The smallest absolute Gasteiger partial charge is 0.276 e. The minimum Gasteiger partial charge on any atom is -0.394 e. The first kappa shape index (κ1) is 13.4. The highest BCUT2D eigenvalue weighted by molar-refractivity contribution is 7.71. The maximum atomic E-state index is 11.6. The summed E-state index contributed by atoms with van der Waals surface area (Å²) in [5.41, 5.74) is -0.0598. The Morgan fingerprint density at radius 2 is 2.20 bits per heavy atom. The summed E-state index contributed by atoms with van der Waals surface area (Å²) in [6, 6.07) is 0. The first-order valence-electron chi connectivity index (χ1n) is 5.85. The lowest BCUT2D eigenvalue weighted by Crippen LogP contribution is -2.33. The summed E-state index contributed by atoms with van der Waals surface area (Å²) in [7, 11) is 0. The highest BCUT2D eigenvalue weighted by Gasteiger charge is 2.44. The normalized spacial score (nSPS) is 30.1. The van der Waals surface area contributed by atoms with Gasteiger partial charge in [-0.2, -0.15) is 0 Å². The van der Waals surface area contributed by atoms with Crippen molar-refractivity contribution in [1.82, 2.24) is 19.5 Å². The van der Waals surface area contributed by atoms with Crippen molar-refractivity contribution in [3.63, 3.8) is 0 Å². The molecule has 10 heteroatoms. The Bertz CT molecular complexity index is 752. The summed E-state index contributed by atoms with van der Waals surface area (Å²) >= 11 is 5.10. The van der Waals surface area contributed by atoms with Crippen LogP contribution in [0.5, 0.6) is 0 Å². The third kappa shape index (κ3) is 1.81. The van der Waals surface area contributed by atoms with Gasteiger partial charge < -0.3 is 30.0 Å². The first-order chi connectivity index (χ1) is 9.54. The van der Waals surface area contributed by atoms with Crippen LogP contribution in [0.1, 0.15) is 6.23 Å². The van der Waals surface area contributed by atoms with Crippen LogP contribution in [-0.2, 0) is 4.74 Å². The summed E-state index contributed by atoms with van der Waals surface area (Å²) in [5, 5.41) is 28.9. The lowest BCUT2D eigenvalue weighted by atomic mass is 10.1. The lowest BCUT2D eigenvalue weighted by Gasteiger charge is -2.16. The van der Waals surface area contributed by atoms with Gasteiger partial charge in [-0.3, -0.25) is 9.36 Å². The highest BCUT2D eigenvalue weighted by atomic mass is 32.1. The van der Waals surface area contributed by atoms with E-state index in [0.717, 1.165) is 0 Å². The van der Waals surface area contributed by atoms with Gasteiger partial charge in [0, 0.05) is 0 Å². The van der Waals surface area contributed by atoms with Crippen molar-refractivity contribution in [2.24, 2.45) is 0 Å². The fourth-order valence-corrected chi connectivity index (χ4v) is 2.57. The summed E-state index contributed by atoms with van der Waals surface area (Å²) in [4.78, 5) is 20.7. The van der Waals surface area contributed by atoms with Gasteiger partial charge in [0.05, 0.1) is 12.9 Å². The van der Waals surface area contributed by atoms with E-state index in [1.165, 1.54) is 10.9 Å². The Balaban J connectivity index is 2.16. The Hall–Kier alpha value is -1.59. The quantitative estimate of drug-likeness (QED) is 0.421. The van der Waals surface area contributed by atoms with E-state index < -0.39 is 36.7 Å². The van der Waals surface area contributed by atoms with E-state index in [4.69, 9.17) is 22.1 Å². The standard InChI is InChI=1S/C10H12N4O5S/c15-1-3-5(16)6(17)9(19-3)14-7-4(13-10(14)20)8(18)12-2-11-7/h2-3,5-6,9,15-17H,1H2,(H,13,20)(H,11,12,18)/t3-,5-,6-,9-/m1/s1. The molecule has 3 rings (SSSR count). The van der Waals surface area contributed by atoms with Crippen molar-refractivity contribution < 1.29 is 20.1 Å². The van der Waals surface area contributed by atoms with Gasteiger partial charge in [0.15, 0.2) is 22.2 Å². The van der Waals surface area contributed by atoms with Crippen molar-refractivity contribution in [3.05, 3.63) is 21.5 Å². The van der Waals surface area contributed by atoms with Gasteiger partial charge in [0.25, 0.3) is 5.56 Å². The molecule has 0 aromatic carbocycles. The van der Waals surface area contributed by atoms with Crippen molar-refractivity contribution in [2.45, 2.75) is 24.5 Å². The SMILES string of the molecule is O=c1[nH]cnc2c1[nH]c(=S)n2[C@@H]1O[C@H](CO)[C@@H](O)[C@H]1O. The van der Waals surface area contributed by atoms with Gasteiger partial charge in [0.2, 0.25) is 0 Å². The van der Waals surface area contributed by atoms with E-state index in [9.17, 15) is 15.0 Å². The lowest BCUT2D eigenvalue weighted by molar-refractivity contribution is -0.0517. The van der Waals surface area contributed by atoms with Gasteiger partial charge in [-0.05, 0) is 12.2 Å². The first-order valence-corrected chi connectivity index (χ1v) is 6.25. The third-order valence-corrected chi connectivity index (χ3v) is 3.58. The minimum atomic E-state index is -1.29. The van der Waals surface area contributed by atoms with Gasteiger partial charge in [-0.1, -0.05) is 0 Å². The molecule has 0 amide bonds. The number of nitrogens with zero attached hydrogens (tertiary/aromatic N) is 2. The molecule has 0 bridgehead atoms. The van der Waals surface area contributed by atoms with Crippen LogP contribution in [0, 0.1) is 4.77 Å². The Labute approximate surface area is 116 Å². The second-order valence-corrected chi connectivity index (χ2v) is 4.85. The van der Waals surface area contributed by atoms with Crippen LogP contribution < -0.4 is 5.56 Å². The molecule has 20 heavy (non-hydrogen) atoms. The van der Waals surface area contributed by atoms with Crippen molar-refractivity contribution >= 4 is 23.4 Å². The molecule has 0 unspecified atom stereocenters. The molecule has 0 aliphatic carbocycles. The molecular weight excluding hydrogens is 288 g/mol. The summed E-state index contributed by atoms with van der Waals surface area (Å²) in [6.45, 7) is -0.446. The van der Waals surface area contributed by atoms with Crippen LogP contribution >= 0.6 is 12.2 Å². The predicted molar refractivity (Wildman–Crippen MR) is 68.5 cm³/mol. The second-order valence-electron chi connectivity index (χ2n) is 4.46. The number of nitrogens with one attached hydrogen (secondary N) is 2. The number of H-pyrrole nitrogens is 2. The molecule has 0 spiro atoms. The van der Waals surface area contributed by atoms with Crippen LogP contribution in [0.25, 0.3) is 11.2 Å². The number of hydrogen-bond donors (Lipinski definition) is 5. The molecule has 1 fully saturated rings. The van der Waals surface area contributed by atoms with E-state index in [0.29, 0.717) is 0 Å². The molecule has 9 nitrogen and oxygen atoms in total. The Morgan fingerprint density at radius 1 is 1.45 bits per heavy atom. The highest BCUT2D eigenvalue weighted by Crippen LogP contribution is 2.31. The number of aliphatic hydroxyl groups is 3. The fourth-order valence-electron chi connectivity index (χ4n) is 2.28. The summed E-state index contributed by atoms with van der Waals surface area (Å²) in [6.07, 6.45) is -3.30. The summed E-state index contributed by atoms with van der Waals surface area (Å²) in [5.74, 6) is 0. The van der Waals surface area contributed by atoms with E-state index in [1.54, 1.807) is 0 Å². The zero-order valence-corrected chi connectivity index (χ0v) is 10.9. The Morgan fingerprint density at radius 3 is 2.85 bits per heavy atom. The zero-order chi connectivity index (χ0) is 14.4. The van der Waals surface area contributed by atoms with Gasteiger partial charge in [0.1, 0.15) is 18.3 Å². The van der Waals surface area contributed by atoms with E-state index in [1.807, 2.05) is 0 Å². The van der Waals surface area contributed by atoms with Gasteiger partial charge in [-0.25, -0.2) is 4.98 Å². The molecule has 3 heterocycles. The zero-order valence-electron chi connectivity index (χ0n) is 10.1. The molecule has 2 aromatic rings. The molecule has 0 saturated carbocycles. The molecule has 1 aliphatic heterocycles. The second kappa shape index (κ2) is 4.75. The van der Waals surface area contributed by atoms with Crippen LogP contribution in [0.4, 0.5) is 0 Å². The summed E-state index contributed by atoms with van der Waals surface area (Å²) < 4.78 is 6.82. The van der Waals surface area contributed by atoms with E-state index in [2.05, 4.69) is 15.0 Å². The van der Waals surface area contributed by atoms with Crippen molar-refractivity contribution in [3.8, 4) is 0 Å². The molecule has 108 valence electrons. The van der Waals surface area contributed by atoms with Crippen LogP contribution in [0.2, 0.25) is 0 Å². The number of aromatic nitrogens is 4.